The van der Waals surface area contributed by atoms with Crippen molar-refractivity contribution in [3.05, 3.63) is 12.2 Å². The third-order valence-corrected chi connectivity index (χ3v) is 13.5. The van der Waals surface area contributed by atoms with Crippen molar-refractivity contribution in [3.8, 4) is 0 Å². The topological polar surface area (TPSA) is 54.4 Å². The lowest BCUT2D eigenvalue weighted by atomic mass is 9.42. The fraction of sp³-hybridized carbons (Fsp3) is 0.871. The zero-order chi connectivity index (χ0) is 24.9. The predicted octanol–water partition coefficient (Wildman–Crippen LogP) is 7.69. The summed E-state index contributed by atoms with van der Waals surface area (Å²) in [5, 5.41) is 9.35. The van der Waals surface area contributed by atoms with Crippen molar-refractivity contribution in [2.75, 3.05) is 0 Å². The summed E-state index contributed by atoms with van der Waals surface area (Å²) in [5.41, 5.74) is 2.48. The number of carboxylic acid groups (broad SMARTS) is 1. The number of fused-ring (bicyclic) bond motifs is 2. The molecule has 34 heavy (non-hydrogen) atoms. The number of hydrogen-bond donors (Lipinski definition) is 1. The molecule has 3 heteroatoms. The molecule has 4 unspecified atom stereocenters. The lowest BCUT2D eigenvalue weighted by Gasteiger charge is -2.62. The fourth-order valence-corrected chi connectivity index (χ4v) is 11.1. The fourth-order valence-electron chi connectivity index (χ4n) is 11.1. The van der Waals surface area contributed by atoms with Gasteiger partial charge in [-0.05, 0) is 116 Å². The van der Waals surface area contributed by atoms with Gasteiger partial charge < -0.3 is 5.11 Å². The second kappa shape index (κ2) is 7.45. The van der Waals surface area contributed by atoms with E-state index in [1.54, 1.807) is 6.92 Å². The SMILES string of the molecule is C=C(CCC(C)[C@H]1CCC2(C)C3CCC4C(C)(C)C(=O)CC[C@@]45C[C@@]35CC[C@]12C)[C@@H](C)C(=O)O. The Morgan fingerprint density at radius 3 is 2.29 bits per heavy atom. The van der Waals surface area contributed by atoms with Crippen LogP contribution in [0.1, 0.15) is 112 Å². The number of carbonyl (C=O) groups is 2. The van der Waals surface area contributed by atoms with Gasteiger partial charge >= 0.3 is 5.97 Å². The number of rotatable bonds is 6. The third-order valence-electron chi connectivity index (χ3n) is 13.5. The van der Waals surface area contributed by atoms with Crippen LogP contribution >= 0.6 is 0 Å². The number of Topliss-reactive ketones (excluding diaryl/α,β-unsaturated/α-hetero) is 1. The Labute approximate surface area is 207 Å². The normalized spacial score (nSPS) is 48.1. The van der Waals surface area contributed by atoms with Gasteiger partial charge in [-0.3, -0.25) is 9.59 Å². The predicted molar refractivity (Wildman–Crippen MR) is 136 cm³/mol. The number of carboxylic acids is 1. The summed E-state index contributed by atoms with van der Waals surface area (Å²) in [7, 11) is 0. The standard InChI is InChI=1S/C31H48O3/c1-19(21(3)26(33)34)8-9-20(2)22-12-14-29(7)24-11-10-23-27(4,5)25(32)13-15-30(23)18-31(24,30)17-16-28(22,29)6/h20-24H,1,8-18H2,2-7H3,(H,33,34)/t20?,21-,22-,23?,24?,28-,29?,30-,31+/m1/s1. The molecule has 5 fully saturated rings. The minimum atomic E-state index is -0.753. The minimum Gasteiger partial charge on any atom is -0.481 e. The molecule has 5 saturated carbocycles. The van der Waals surface area contributed by atoms with Gasteiger partial charge in [-0.25, -0.2) is 0 Å². The highest BCUT2D eigenvalue weighted by Crippen LogP contribution is 2.88. The highest BCUT2D eigenvalue weighted by Gasteiger charge is 2.82. The van der Waals surface area contributed by atoms with E-state index in [4.69, 9.17) is 0 Å². The molecule has 0 amide bonds. The Balaban J connectivity index is 1.35. The molecule has 3 nitrogen and oxygen atoms in total. The molecule has 5 rings (SSSR count). The maximum Gasteiger partial charge on any atom is 0.310 e. The molecular weight excluding hydrogens is 420 g/mol. The summed E-state index contributed by atoms with van der Waals surface area (Å²) in [6, 6.07) is 0. The second-order valence-electron chi connectivity index (χ2n) is 14.5. The van der Waals surface area contributed by atoms with Crippen molar-refractivity contribution in [1.82, 2.24) is 0 Å². The van der Waals surface area contributed by atoms with Crippen LogP contribution in [0.4, 0.5) is 0 Å². The number of aliphatic carboxylic acids is 1. The van der Waals surface area contributed by atoms with Crippen LogP contribution in [0.25, 0.3) is 0 Å². The van der Waals surface area contributed by atoms with Gasteiger partial charge in [0.15, 0.2) is 0 Å². The van der Waals surface area contributed by atoms with Crippen LogP contribution in [-0.2, 0) is 9.59 Å². The molecule has 0 bridgehead atoms. The summed E-state index contributed by atoms with van der Waals surface area (Å²) in [4.78, 5) is 24.2. The van der Waals surface area contributed by atoms with Crippen LogP contribution in [0.3, 0.4) is 0 Å². The van der Waals surface area contributed by atoms with Crippen molar-refractivity contribution in [2.24, 2.45) is 56.7 Å². The van der Waals surface area contributed by atoms with E-state index in [-0.39, 0.29) is 5.41 Å². The van der Waals surface area contributed by atoms with E-state index in [9.17, 15) is 14.7 Å². The Kier molecular flexibility index (Phi) is 5.38. The van der Waals surface area contributed by atoms with Gasteiger partial charge in [-0.2, -0.15) is 0 Å². The maximum atomic E-state index is 12.9. The molecule has 1 N–H and O–H groups in total. The van der Waals surface area contributed by atoms with Crippen LogP contribution in [0, 0.1) is 56.7 Å². The first-order valence-corrected chi connectivity index (χ1v) is 14.2. The number of carbonyl (C=O) groups excluding carboxylic acids is 1. The zero-order valence-corrected chi connectivity index (χ0v) is 22.6. The van der Waals surface area contributed by atoms with E-state index >= 15 is 0 Å². The van der Waals surface area contributed by atoms with Gasteiger partial charge in [0, 0.05) is 11.8 Å². The van der Waals surface area contributed by atoms with Crippen LogP contribution < -0.4 is 0 Å². The Morgan fingerprint density at radius 1 is 0.971 bits per heavy atom. The Hall–Kier alpha value is -1.12. The Morgan fingerprint density at radius 2 is 1.62 bits per heavy atom. The molecule has 5 aliphatic rings. The van der Waals surface area contributed by atoms with E-state index in [1.165, 1.54) is 44.9 Å². The molecule has 5 aliphatic carbocycles. The van der Waals surface area contributed by atoms with Gasteiger partial charge in [0.1, 0.15) is 5.78 Å². The van der Waals surface area contributed by atoms with Gasteiger partial charge in [0.25, 0.3) is 0 Å². The monoisotopic (exact) mass is 468 g/mol. The minimum absolute atomic E-state index is 0.128. The number of ketones is 1. The lowest BCUT2D eigenvalue weighted by molar-refractivity contribution is -0.157. The molecule has 0 aromatic carbocycles. The second-order valence-corrected chi connectivity index (χ2v) is 14.5. The maximum absolute atomic E-state index is 12.9. The van der Waals surface area contributed by atoms with Crippen molar-refractivity contribution < 1.29 is 14.7 Å². The van der Waals surface area contributed by atoms with Gasteiger partial charge in [0.2, 0.25) is 0 Å². The summed E-state index contributed by atoms with van der Waals surface area (Å²) >= 11 is 0. The third kappa shape index (κ3) is 2.88. The van der Waals surface area contributed by atoms with E-state index < -0.39 is 11.9 Å². The Bertz CT molecular complexity index is 918. The van der Waals surface area contributed by atoms with Crippen LogP contribution in [0.5, 0.6) is 0 Å². The van der Waals surface area contributed by atoms with Gasteiger partial charge in [-0.15, -0.1) is 0 Å². The van der Waals surface area contributed by atoms with Crippen molar-refractivity contribution in [2.45, 2.75) is 112 Å². The summed E-state index contributed by atoms with van der Waals surface area (Å²) in [6.07, 6.45) is 13.2. The van der Waals surface area contributed by atoms with Crippen LogP contribution in [0.2, 0.25) is 0 Å². The van der Waals surface area contributed by atoms with Crippen LogP contribution in [-0.4, -0.2) is 16.9 Å². The van der Waals surface area contributed by atoms with E-state index in [2.05, 4.69) is 41.2 Å². The quantitative estimate of drug-likeness (QED) is 0.407. The van der Waals surface area contributed by atoms with E-state index in [0.29, 0.717) is 39.3 Å². The highest BCUT2D eigenvalue weighted by molar-refractivity contribution is 5.86. The smallest absolute Gasteiger partial charge is 0.310 e. The zero-order valence-electron chi connectivity index (χ0n) is 22.6. The molecule has 0 aromatic heterocycles. The first kappa shape index (κ1) is 24.6. The highest BCUT2D eigenvalue weighted by atomic mass is 16.4. The molecule has 0 aromatic rings. The van der Waals surface area contributed by atoms with Crippen molar-refractivity contribution in [1.29, 1.82) is 0 Å². The molecule has 0 saturated heterocycles. The van der Waals surface area contributed by atoms with Gasteiger partial charge in [-0.1, -0.05) is 46.8 Å². The van der Waals surface area contributed by atoms with Crippen molar-refractivity contribution >= 4 is 11.8 Å². The summed E-state index contributed by atoms with van der Waals surface area (Å²) in [6.45, 7) is 18.1. The molecule has 0 radical (unpaired) electrons. The molecule has 190 valence electrons. The van der Waals surface area contributed by atoms with E-state index in [0.717, 1.165) is 43.1 Å². The van der Waals surface area contributed by atoms with Crippen LogP contribution in [0.15, 0.2) is 12.2 Å². The first-order valence-electron chi connectivity index (χ1n) is 14.2. The summed E-state index contributed by atoms with van der Waals surface area (Å²) in [5.74, 6) is 2.07. The van der Waals surface area contributed by atoms with Crippen molar-refractivity contribution in [3.63, 3.8) is 0 Å². The molecular formula is C31H48O3. The molecule has 0 heterocycles. The number of hydrogen-bond acceptors (Lipinski definition) is 2. The van der Waals surface area contributed by atoms with E-state index in [1.807, 2.05) is 0 Å². The average molecular weight is 469 g/mol. The largest absolute Gasteiger partial charge is 0.481 e. The summed E-state index contributed by atoms with van der Waals surface area (Å²) < 4.78 is 0. The molecule has 2 spiro atoms. The lowest BCUT2D eigenvalue weighted by Crippen LogP contribution is -2.57. The molecule has 9 atom stereocenters. The first-order chi connectivity index (χ1) is 15.8. The average Bonchev–Trinajstić information content (AvgIpc) is 3.36. The molecule has 0 aliphatic heterocycles. The van der Waals surface area contributed by atoms with Gasteiger partial charge in [0.05, 0.1) is 5.92 Å².